The predicted octanol–water partition coefficient (Wildman–Crippen LogP) is 5.24. The van der Waals surface area contributed by atoms with Crippen molar-refractivity contribution in [2.45, 2.75) is 16.3 Å². The molecule has 0 fully saturated rings. The fourth-order valence-corrected chi connectivity index (χ4v) is 3.23. The van der Waals surface area contributed by atoms with E-state index in [1.165, 1.54) is 16.9 Å². The minimum absolute atomic E-state index is 0.316. The number of anilines is 1. The van der Waals surface area contributed by atoms with E-state index in [1.807, 2.05) is 36.4 Å². The van der Waals surface area contributed by atoms with Gasteiger partial charge in [0, 0.05) is 22.0 Å². The Bertz CT molecular complexity index is 832. The van der Waals surface area contributed by atoms with Crippen molar-refractivity contribution in [2.75, 3.05) is 12.4 Å². The topological polar surface area (TPSA) is 38.3 Å². The fraction of sp³-hybridized carbons (Fsp3) is 0.0952. The standard InChI is InChI=1S/C21H19NO2S/c1-24-21(23)17-7-5-6-16(14-17)15-22-18-10-12-20(13-11-18)25-19-8-3-2-4-9-19/h2-14,22H,15H2,1H3. The quantitative estimate of drug-likeness (QED) is 0.618. The van der Waals surface area contributed by atoms with Crippen LogP contribution in [0.4, 0.5) is 5.69 Å². The molecule has 0 heterocycles. The van der Waals surface area contributed by atoms with Gasteiger partial charge >= 0.3 is 5.97 Å². The van der Waals surface area contributed by atoms with Crippen LogP contribution in [0.5, 0.6) is 0 Å². The first-order valence-electron chi connectivity index (χ1n) is 7.99. The van der Waals surface area contributed by atoms with E-state index >= 15 is 0 Å². The zero-order valence-corrected chi connectivity index (χ0v) is 14.8. The van der Waals surface area contributed by atoms with Gasteiger partial charge in [0.25, 0.3) is 0 Å². The molecule has 0 spiro atoms. The molecule has 0 bridgehead atoms. The molecule has 0 saturated heterocycles. The maximum atomic E-state index is 11.6. The van der Waals surface area contributed by atoms with Crippen LogP contribution in [0.25, 0.3) is 0 Å². The van der Waals surface area contributed by atoms with Gasteiger partial charge < -0.3 is 10.1 Å². The Morgan fingerprint density at radius 3 is 2.36 bits per heavy atom. The second kappa shape index (κ2) is 8.40. The van der Waals surface area contributed by atoms with Crippen molar-refractivity contribution in [1.29, 1.82) is 0 Å². The number of ether oxygens (including phenoxy) is 1. The van der Waals surface area contributed by atoms with Crippen molar-refractivity contribution in [3.05, 3.63) is 90.0 Å². The van der Waals surface area contributed by atoms with Crippen LogP contribution in [0.15, 0.2) is 88.7 Å². The van der Waals surface area contributed by atoms with Crippen molar-refractivity contribution < 1.29 is 9.53 Å². The molecular weight excluding hydrogens is 330 g/mol. The molecule has 25 heavy (non-hydrogen) atoms. The summed E-state index contributed by atoms with van der Waals surface area (Å²) in [4.78, 5) is 14.0. The minimum Gasteiger partial charge on any atom is -0.465 e. The lowest BCUT2D eigenvalue weighted by molar-refractivity contribution is 0.0600. The number of carbonyl (C=O) groups is 1. The SMILES string of the molecule is COC(=O)c1cccc(CNc2ccc(Sc3ccccc3)cc2)c1. The highest BCUT2D eigenvalue weighted by Crippen LogP contribution is 2.28. The van der Waals surface area contributed by atoms with Gasteiger partial charge in [-0.15, -0.1) is 0 Å². The zero-order chi connectivity index (χ0) is 17.5. The lowest BCUT2D eigenvalue weighted by atomic mass is 10.1. The smallest absolute Gasteiger partial charge is 0.337 e. The highest BCUT2D eigenvalue weighted by Gasteiger charge is 2.05. The summed E-state index contributed by atoms with van der Waals surface area (Å²) in [7, 11) is 1.39. The van der Waals surface area contributed by atoms with Gasteiger partial charge in [-0.05, 0) is 54.1 Å². The summed E-state index contributed by atoms with van der Waals surface area (Å²) in [6, 6.07) is 26.1. The van der Waals surface area contributed by atoms with Gasteiger partial charge in [0.1, 0.15) is 0 Å². The lowest BCUT2D eigenvalue weighted by Gasteiger charge is -2.09. The average molecular weight is 349 g/mol. The molecule has 0 amide bonds. The van der Waals surface area contributed by atoms with E-state index in [1.54, 1.807) is 17.8 Å². The molecule has 0 unspecified atom stereocenters. The Morgan fingerprint density at radius 1 is 0.920 bits per heavy atom. The molecule has 0 aromatic heterocycles. The first kappa shape index (κ1) is 17.1. The van der Waals surface area contributed by atoms with E-state index in [4.69, 9.17) is 4.74 Å². The highest BCUT2D eigenvalue weighted by atomic mass is 32.2. The van der Waals surface area contributed by atoms with E-state index in [-0.39, 0.29) is 5.97 Å². The second-order valence-corrected chi connectivity index (χ2v) is 6.63. The van der Waals surface area contributed by atoms with Crippen LogP contribution in [0.3, 0.4) is 0 Å². The van der Waals surface area contributed by atoms with E-state index in [9.17, 15) is 4.79 Å². The lowest BCUT2D eigenvalue weighted by Crippen LogP contribution is -2.04. The number of rotatable bonds is 6. The molecule has 0 saturated carbocycles. The molecule has 126 valence electrons. The van der Waals surface area contributed by atoms with Crippen LogP contribution < -0.4 is 5.32 Å². The molecule has 0 atom stereocenters. The number of methoxy groups -OCH3 is 1. The average Bonchev–Trinajstić information content (AvgIpc) is 2.68. The number of benzene rings is 3. The minimum atomic E-state index is -0.316. The number of hydrogen-bond acceptors (Lipinski definition) is 4. The summed E-state index contributed by atoms with van der Waals surface area (Å²) in [5, 5.41) is 3.37. The van der Waals surface area contributed by atoms with Gasteiger partial charge in [0.05, 0.1) is 12.7 Å². The molecule has 4 heteroatoms. The van der Waals surface area contributed by atoms with Crippen molar-refractivity contribution >= 4 is 23.4 Å². The van der Waals surface area contributed by atoms with Gasteiger partial charge in [-0.1, -0.05) is 42.1 Å². The predicted molar refractivity (Wildman–Crippen MR) is 102 cm³/mol. The summed E-state index contributed by atoms with van der Waals surface area (Å²) in [5.74, 6) is -0.316. The zero-order valence-electron chi connectivity index (χ0n) is 13.9. The number of carbonyl (C=O) groups excluding carboxylic acids is 1. The van der Waals surface area contributed by atoms with Crippen molar-refractivity contribution in [3.63, 3.8) is 0 Å². The molecule has 3 nitrogen and oxygen atoms in total. The largest absolute Gasteiger partial charge is 0.465 e. The monoisotopic (exact) mass is 349 g/mol. The molecular formula is C21H19NO2S. The molecule has 3 aromatic rings. The van der Waals surface area contributed by atoms with Crippen LogP contribution in [0, 0.1) is 0 Å². The molecule has 0 aliphatic rings. The van der Waals surface area contributed by atoms with Gasteiger partial charge in [-0.2, -0.15) is 0 Å². The number of hydrogen-bond donors (Lipinski definition) is 1. The third-order valence-electron chi connectivity index (χ3n) is 3.68. The molecule has 1 N–H and O–H groups in total. The number of esters is 1. The molecule has 0 aliphatic carbocycles. The Balaban J connectivity index is 1.59. The van der Waals surface area contributed by atoms with E-state index in [2.05, 4.69) is 41.7 Å². The van der Waals surface area contributed by atoms with Crippen molar-refractivity contribution in [1.82, 2.24) is 0 Å². The molecule has 3 aromatic carbocycles. The summed E-state index contributed by atoms with van der Waals surface area (Å²) >= 11 is 1.74. The Hall–Kier alpha value is -2.72. The van der Waals surface area contributed by atoms with E-state index < -0.39 is 0 Å². The third kappa shape index (κ3) is 4.88. The van der Waals surface area contributed by atoms with Crippen LogP contribution in [-0.2, 0) is 11.3 Å². The van der Waals surface area contributed by atoms with Crippen molar-refractivity contribution in [3.8, 4) is 0 Å². The summed E-state index contributed by atoms with van der Waals surface area (Å²) < 4.78 is 4.75. The molecule has 3 rings (SSSR count). The highest BCUT2D eigenvalue weighted by molar-refractivity contribution is 7.99. The van der Waals surface area contributed by atoms with Gasteiger partial charge in [0.2, 0.25) is 0 Å². The van der Waals surface area contributed by atoms with E-state index in [0.29, 0.717) is 12.1 Å². The fourth-order valence-electron chi connectivity index (χ4n) is 2.40. The molecule has 0 aliphatic heterocycles. The summed E-state index contributed by atoms with van der Waals surface area (Å²) in [6.45, 7) is 0.649. The van der Waals surface area contributed by atoms with Gasteiger partial charge in [-0.3, -0.25) is 0 Å². The number of nitrogens with one attached hydrogen (secondary N) is 1. The van der Waals surface area contributed by atoms with Crippen LogP contribution >= 0.6 is 11.8 Å². The molecule has 0 radical (unpaired) electrons. The van der Waals surface area contributed by atoms with Crippen LogP contribution in [0.2, 0.25) is 0 Å². The Labute approximate surface area is 152 Å². The summed E-state index contributed by atoms with van der Waals surface area (Å²) in [6.07, 6.45) is 0. The van der Waals surface area contributed by atoms with E-state index in [0.717, 1.165) is 11.3 Å². The van der Waals surface area contributed by atoms with Gasteiger partial charge in [-0.25, -0.2) is 4.79 Å². The third-order valence-corrected chi connectivity index (χ3v) is 4.69. The normalized spacial score (nSPS) is 10.3. The first-order chi connectivity index (χ1) is 12.2. The van der Waals surface area contributed by atoms with Crippen LogP contribution in [-0.4, -0.2) is 13.1 Å². The van der Waals surface area contributed by atoms with Crippen LogP contribution in [0.1, 0.15) is 15.9 Å². The maximum Gasteiger partial charge on any atom is 0.337 e. The first-order valence-corrected chi connectivity index (χ1v) is 8.80. The van der Waals surface area contributed by atoms with Gasteiger partial charge in [0.15, 0.2) is 0 Å². The summed E-state index contributed by atoms with van der Waals surface area (Å²) in [5.41, 5.74) is 2.64. The second-order valence-electron chi connectivity index (χ2n) is 5.49. The van der Waals surface area contributed by atoms with Crippen molar-refractivity contribution in [2.24, 2.45) is 0 Å². The maximum absolute atomic E-state index is 11.6. The Morgan fingerprint density at radius 2 is 1.64 bits per heavy atom. The Kier molecular flexibility index (Phi) is 5.75.